The standard InChI is InChI=1S/C42H48N8O6/c1-5-26-14-17-50(37(52)23-46-41(54)56-4)38(26)39-44-21-33(48-39)28-8-6-27(7-9-28)29-10-11-31-19-32(13-12-30(31)18-29)34-20-43-35(47-34)24-49(25-42(2)15-16-42)36(51)22-45-40(53)55-3/h6-13,18-21,26,38H,5,14-17,22-25H2,1-4H3,(H,43,47)(H,44,48)(H,45,53)(H,46,54)/t26-,38?/m1/s1. The maximum atomic E-state index is 13.0. The maximum Gasteiger partial charge on any atom is 0.407 e. The lowest BCUT2D eigenvalue weighted by molar-refractivity contribution is -0.132. The number of carbonyl (C=O) groups excluding carboxylic acids is 4. The Morgan fingerprint density at radius 3 is 2.11 bits per heavy atom. The number of carbonyl (C=O) groups is 4. The van der Waals surface area contributed by atoms with E-state index < -0.39 is 12.2 Å². The Bertz CT molecular complexity index is 2230. The average molecular weight is 761 g/mol. The molecule has 14 heteroatoms. The predicted octanol–water partition coefficient (Wildman–Crippen LogP) is 6.43. The third-order valence-corrected chi connectivity index (χ3v) is 11.1. The normalized spacial score (nSPS) is 17.0. The first kappa shape index (κ1) is 38.1. The van der Waals surface area contributed by atoms with E-state index in [0.717, 1.165) is 75.9 Å². The van der Waals surface area contributed by atoms with Gasteiger partial charge in [-0.25, -0.2) is 19.6 Å². The predicted molar refractivity (Wildman–Crippen MR) is 211 cm³/mol. The van der Waals surface area contributed by atoms with Gasteiger partial charge in [0.2, 0.25) is 11.8 Å². The number of aromatic nitrogens is 4. The summed E-state index contributed by atoms with van der Waals surface area (Å²) in [7, 11) is 2.54. The van der Waals surface area contributed by atoms with Crippen LogP contribution in [0.2, 0.25) is 0 Å². The molecule has 292 valence electrons. The summed E-state index contributed by atoms with van der Waals surface area (Å²) in [5.74, 6) is 1.32. The van der Waals surface area contributed by atoms with E-state index >= 15 is 0 Å². The van der Waals surface area contributed by atoms with Crippen LogP contribution in [0.5, 0.6) is 0 Å². The zero-order chi connectivity index (χ0) is 39.4. The zero-order valence-corrected chi connectivity index (χ0v) is 32.2. The summed E-state index contributed by atoms with van der Waals surface area (Å²) in [6.07, 6.45) is 6.23. The molecule has 4 amide bonds. The summed E-state index contributed by atoms with van der Waals surface area (Å²) in [5, 5.41) is 7.17. The first-order chi connectivity index (χ1) is 27.1. The van der Waals surface area contributed by atoms with Crippen LogP contribution in [0.3, 0.4) is 0 Å². The first-order valence-electron chi connectivity index (χ1n) is 19.0. The number of rotatable bonds is 13. The van der Waals surface area contributed by atoms with E-state index in [0.29, 0.717) is 25.5 Å². The minimum absolute atomic E-state index is 0.0908. The summed E-state index contributed by atoms with van der Waals surface area (Å²) >= 11 is 0. The molecular formula is C42H48N8O6. The van der Waals surface area contributed by atoms with Gasteiger partial charge < -0.3 is 39.9 Å². The van der Waals surface area contributed by atoms with Crippen molar-refractivity contribution in [2.45, 2.75) is 52.1 Å². The first-order valence-corrected chi connectivity index (χ1v) is 19.0. The molecule has 1 aliphatic carbocycles. The lowest BCUT2D eigenvalue weighted by Crippen LogP contribution is -2.42. The Hall–Kier alpha value is -6.18. The smallest absolute Gasteiger partial charge is 0.407 e. The number of likely N-dealkylation sites (tertiary alicyclic amines) is 1. The van der Waals surface area contributed by atoms with Crippen molar-refractivity contribution >= 4 is 34.8 Å². The molecule has 2 atom stereocenters. The average Bonchev–Trinajstić information content (AvgIpc) is 3.62. The number of hydrogen-bond acceptors (Lipinski definition) is 8. The highest BCUT2D eigenvalue weighted by molar-refractivity contribution is 5.90. The molecule has 56 heavy (non-hydrogen) atoms. The van der Waals surface area contributed by atoms with Crippen LogP contribution >= 0.6 is 0 Å². The number of H-pyrrole nitrogens is 2. The van der Waals surface area contributed by atoms with Crippen LogP contribution in [-0.2, 0) is 25.6 Å². The van der Waals surface area contributed by atoms with Crippen molar-refractivity contribution in [2.24, 2.45) is 11.3 Å². The van der Waals surface area contributed by atoms with E-state index in [2.05, 4.69) is 110 Å². The van der Waals surface area contributed by atoms with Crippen molar-refractivity contribution in [3.05, 3.63) is 84.7 Å². The van der Waals surface area contributed by atoms with Crippen LogP contribution in [0.15, 0.2) is 73.1 Å². The number of benzene rings is 3. The Morgan fingerprint density at radius 2 is 1.43 bits per heavy atom. The number of amides is 4. The summed E-state index contributed by atoms with van der Waals surface area (Å²) in [4.78, 5) is 68.9. The number of aromatic amines is 2. The van der Waals surface area contributed by atoms with Gasteiger partial charge in [-0.15, -0.1) is 0 Å². The number of fused-ring (bicyclic) bond motifs is 1. The van der Waals surface area contributed by atoms with Gasteiger partial charge in [0, 0.05) is 18.7 Å². The van der Waals surface area contributed by atoms with E-state index in [1.165, 1.54) is 14.2 Å². The van der Waals surface area contributed by atoms with Crippen molar-refractivity contribution < 1.29 is 28.7 Å². The fourth-order valence-corrected chi connectivity index (χ4v) is 7.49. The van der Waals surface area contributed by atoms with Crippen molar-refractivity contribution in [1.82, 2.24) is 40.4 Å². The third-order valence-electron chi connectivity index (χ3n) is 11.1. The second-order valence-electron chi connectivity index (χ2n) is 15.0. The van der Waals surface area contributed by atoms with Crippen molar-refractivity contribution in [3.8, 4) is 33.6 Å². The second kappa shape index (κ2) is 16.3. The van der Waals surface area contributed by atoms with E-state index in [1.807, 2.05) is 6.20 Å². The summed E-state index contributed by atoms with van der Waals surface area (Å²) in [6, 6.07) is 20.8. The molecule has 0 spiro atoms. The molecule has 2 aromatic heterocycles. The molecule has 2 aliphatic rings. The lowest BCUT2D eigenvalue weighted by Gasteiger charge is -2.26. The van der Waals surface area contributed by atoms with Crippen LogP contribution in [-0.4, -0.2) is 94.1 Å². The molecule has 0 radical (unpaired) electrons. The van der Waals surface area contributed by atoms with Crippen LogP contribution in [0, 0.1) is 11.3 Å². The summed E-state index contributed by atoms with van der Waals surface area (Å²) < 4.78 is 9.24. The largest absolute Gasteiger partial charge is 0.453 e. The zero-order valence-electron chi connectivity index (χ0n) is 32.2. The van der Waals surface area contributed by atoms with Gasteiger partial charge in [0.15, 0.2) is 0 Å². The van der Waals surface area contributed by atoms with E-state index in [9.17, 15) is 19.2 Å². The molecule has 5 aromatic rings. The van der Waals surface area contributed by atoms with Gasteiger partial charge in [0.1, 0.15) is 24.7 Å². The fraction of sp³-hybridized carbons (Fsp3) is 0.381. The highest BCUT2D eigenvalue weighted by Crippen LogP contribution is 2.45. The van der Waals surface area contributed by atoms with Gasteiger partial charge in [-0.05, 0) is 70.2 Å². The molecule has 1 unspecified atom stereocenters. The number of imidazole rings is 2. The number of hydrogen-bond donors (Lipinski definition) is 4. The van der Waals surface area contributed by atoms with Gasteiger partial charge >= 0.3 is 12.2 Å². The molecule has 7 rings (SSSR count). The highest BCUT2D eigenvalue weighted by Gasteiger charge is 2.40. The Kier molecular flexibility index (Phi) is 11.1. The summed E-state index contributed by atoms with van der Waals surface area (Å²) in [5.41, 5.74) is 5.96. The number of ether oxygens (including phenoxy) is 2. The van der Waals surface area contributed by atoms with Crippen LogP contribution in [0.25, 0.3) is 44.4 Å². The van der Waals surface area contributed by atoms with Crippen molar-refractivity contribution in [3.63, 3.8) is 0 Å². The topological polar surface area (TPSA) is 175 Å². The molecule has 0 bridgehead atoms. The summed E-state index contributed by atoms with van der Waals surface area (Å²) in [6.45, 7) is 5.53. The molecule has 2 fully saturated rings. The van der Waals surface area contributed by atoms with Crippen LogP contribution < -0.4 is 10.6 Å². The van der Waals surface area contributed by atoms with Gasteiger partial charge in [0.05, 0.1) is 50.6 Å². The quantitative estimate of drug-likeness (QED) is 0.106. The van der Waals surface area contributed by atoms with E-state index in [1.54, 1.807) is 16.0 Å². The Labute approximate surface area is 325 Å². The van der Waals surface area contributed by atoms with Gasteiger partial charge in [-0.1, -0.05) is 68.8 Å². The monoisotopic (exact) mass is 760 g/mol. The fourth-order valence-electron chi connectivity index (χ4n) is 7.49. The number of methoxy groups -OCH3 is 2. The minimum atomic E-state index is -0.638. The minimum Gasteiger partial charge on any atom is -0.453 e. The molecular weight excluding hydrogens is 713 g/mol. The van der Waals surface area contributed by atoms with Crippen molar-refractivity contribution in [1.29, 1.82) is 0 Å². The van der Waals surface area contributed by atoms with Crippen LogP contribution in [0.4, 0.5) is 9.59 Å². The molecule has 4 N–H and O–H groups in total. The molecule has 14 nitrogen and oxygen atoms in total. The maximum absolute atomic E-state index is 13.0. The van der Waals surface area contributed by atoms with Crippen LogP contribution in [0.1, 0.15) is 57.2 Å². The van der Waals surface area contributed by atoms with Gasteiger partial charge in [-0.2, -0.15) is 0 Å². The lowest BCUT2D eigenvalue weighted by atomic mass is 9.97. The Balaban J connectivity index is 1.02. The molecule has 1 saturated carbocycles. The van der Waals surface area contributed by atoms with Gasteiger partial charge in [-0.3, -0.25) is 9.59 Å². The number of nitrogens with zero attached hydrogens (tertiary/aromatic N) is 4. The molecule has 3 aromatic carbocycles. The SMILES string of the molecule is CC[C@@H]1CCN(C(=O)CNC(=O)OC)C1c1ncc(-c2ccc(-c3ccc4cc(-c5cnc(CN(CC6(C)CC6)C(=O)CNC(=O)OC)[nH]5)ccc4c3)cc2)[nH]1. The third kappa shape index (κ3) is 8.54. The highest BCUT2D eigenvalue weighted by atomic mass is 16.5. The number of nitrogens with one attached hydrogen (secondary N) is 4. The van der Waals surface area contributed by atoms with E-state index in [4.69, 9.17) is 4.98 Å². The second-order valence-corrected chi connectivity index (χ2v) is 15.0. The van der Waals surface area contributed by atoms with Crippen molar-refractivity contribution in [2.75, 3.05) is 40.4 Å². The number of alkyl carbamates (subject to hydrolysis) is 2. The van der Waals surface area contributed by atoms with Gasteiger partial charge in [0.25, 0.3) is 0 Å². The molecule has 3 heterocycles. The van der Waals surface area contributed by atoms with E-state index in [-0.39, 0.29) is 42.3 Å². The molecule has 1 aliphatic heterocycles. The Morgan fingerprint density at radius 1 is 0.821 bits per heavy atom. The molecule has 1 saturated heterocycles.